The normalized spacial score (nSPS) is 24.5. The molecule has 3 unspecified atom stereocenters. The highest BCUT2D eigenvalue weighted by Gasteiger charge is 2.25. The maximum Gasteiger partial charge on any atom is 0.326 e. The molecule has 122 valence electrons. The van der Waals surface area contributed by atoms with Gasteiger partial charge in [0.2, 0.25) is 5.91 Å². The fourth-order valence-electron chi connectivity index (χ4n) is 2.91. The number of carbonyl (C=O) groups excluding carboxylic acids is 1. The van der Waals surface area contributed by atoms with Crippen LogP contribution in [0.1, 0.15) is 46.0 Å². The van der Waals surface area contributed by atoms with E-state index < -0.39 is 12.0 Å². The number of thioether (sulfide) groups is 1. The van der Waals surface area contributed by atoms with Gasteiger partial charge in [0.25, 0.3) is 0 Å². The van der Waals surface area contributed by atoms with Crippen LogP contribution in [-0.4, -0.2) is 58.6 Å². The molecule has 1 aliphatic heterocycles. The van der Waals surface area contributed by atoms with Gasteiger partial charge in [0.1, 0.15) is 6.04 Å². The zero-order valence-corrected chi connectivity index (χ0v) is 14.1. The Kier molecular flexibility index (Phi) is 8.11. The first-order chi connectivity index (χ1) is 9.95. The molecule has 21 heavy (non-hydrogen) atoms. The van der Waals surface area contributed by atoms with Gasteiger partial charge in [0, 0.05) is 25.0 Å². The molecule has 0 spiro atoms. The molecule has 2 N–H and O–H groups in total. The zero-order chi connectivity index (χ0) is 15.8. The van der Waals surface area contributed by atoms with Crippen LogP contribution < -0.4 is 5.32 Å². The Morgan fingerprint density at radius 2 is 1.95 bits per heavy atom. The highest BCUT2D eigenvalue weighted by molar-refractivity contribution is 7.98. The molecule has 5 nitrogen and oxygen atoms in total. The average molecular weight is 316 g/mol. The number of carboxylic acid groups (broad SMARTS) is 1. The minimum absolute atomic E-state index is 0.159. The zero-order valence-electron chi connectivity index (χ0n) is 13.3. The highest BCUT2D eigenvalue weighted by atomic mass is 32.2. The second kappa shape index (κ2) is 9.30. The van der Waals surface area contributed by atoms with Gasteiger partial charge in [0.15, 0.2) is 0 Å². The van der Waals surface area contributed by atoms with E-state index >= 15 is 0 Å². The summed E-state index contributed by atoms with van der Waals surface area (Å²) in [7, 11) is 0. The number of nitrogens with one attached hydrogen (secondary N) is 1. The van der Waals surface area contributed by atoms with E-state index in [1.165, 1.54) is 19.3 Å². The van der Waals surface area contributed by atoms with Gasteiger partial charge >= 0.3 is 5.97 Å². The van der Waals surface area contributed by atoms with Crippen molar-refractivity contribution in [2.75, 3.05) is 18.6 Å². The maximum absolute atomic E-state index is 12.0. The summed E-state index contributed by atoms with van der Waals surface area (Å²) >= 11 is 1.59. The van der Waals surface area contributed by atoms with Gasteiger partial charge in [-0.2, -0.15) is 11.8 Å². The molecule has 0 aromatic rings. The third kappa shape index (κ3) is 6.26. The van der Waals surface area contributed by atoms with Crippen LogP contribution in [0, 0.1) is 0 Å². The van der Waals surface area contributed by atoms with Crippen molar-refractivity contribution in [1.82, 2.24) is 10.2 Å². The Labute approximate surface area is 131 Å². The predicted octanol–water partition coefficient (Wildman–Crippen LogP) is 1.96. The van der Waals surface area contributed by atoms with Crippen molar-refractivity contribution in [3.8, 4) is 0 Å². The molecular weight excluding hydrogens is 288 g/mol. The van der Waals surface area contributed by atoms with Crippen molar-refractivity contribution >= 4 is 23.6 Å². The molecule has 0 aliphatic carbocycles. The topological polar surface area (TPSA) is 69.6 Å². The second-order valence-electron chi connectivity index (χ2n) is 5.86. The van der Waals surface area contributed by atoms with Crippen LogP contribution in [0.2, 0.25) is 0 Å². The molecule has 1 amide bonds. The van der Waals surface area contributed by atoms with Gasteiger partial charge in [-0.15, -0.1) is 0 Å². The van der Waals surface area contributed by atoms with E-state index in [4.69, 9.17) is 5.11 Å². The van der Waals surface area contributed by atoms with Crippen LogP contribution in [0.4, 0.5) is 0 Å². The van der Waals surface area contributed by atoms with Gasteiger partial charge in [-0.05, 0) is 45.1 Å². The maximum atomic E-state index is 12.0. The van der Waals surface area contributed by atoms with Crippen LogP contribution in [0.15, 0.2) is 0 Å². The lowest BCUT2D eigenvalue weighted by atomic mass is 9.97. The first kappa shape index (κ1) is 18.3. The molecular formula is C15H28N2O3S. The smallest absolute Gasteiger partial charge is 0.326 e. The average Bonchev–Trinajstić information content (AvgIpc) is 2.42. The van der Waals surface area contributed by atoms with Gasteiger partial charge in [-0.25, -0.2) is 4.79 Å². The number of rotatable bonds is 8. The van der Waals surface area contributed by atoms with Gasteiger partial charge in [-0.3, -0.25) is 9.69 Å². The van der Waals surface area contributed by atoms with Gasteiger partial charge < -0.3 is 10.4 Å². The summed E-state index contributed by atoms with van der Waals surface area (Å²) in [6, 6.07) is 0.253. The summed E-state index contributed by atoms with van der Waals surface area (Å²) in [6.45, 7) is 5.11. The van der Waals surface area contributed by atoms with E-state index in [0.29, 0.717) is 31.5 Å². The Morgan fingerprint density at radius 1 is 1.33 bits per heavy atom. The summed E-state index contributed by atoms with van der Waals surface area (Å²) in [6.07, 6.45) is 6.38. The number of nitrogens with zero attached hydrogens (tertiary/aromatic N) is 1. The van der Waals surface area contributed by atoms with Crippen LogP contribution >= 0.6 is 11.8 Å². The summed E-state index contributed by atoms with van der Waals surface area (Å²) < 4.78 is 0. The lowest BCUT2D eigenvalue weighted by Crippen LogP contribution is -2.46. The molecule has 1 rings (SSSR count). The highest BCUT2D eigenvalue weighted by Crippen LogP contribution is 2.22. The molecule has 0 radical (unpaired) electrons. The second-order valence-corrected chi connectivity index (χ2v) is 6.84. The SMILES string of the molecule is CSCCC(NC(=O)CCN1C(C)CCCC1C)C(=O)O. The summed E-state index contributed by atoms with van der Waals surface area (Å²) in [4.78, 5) is 25.4. The Balaban J connectivity index is 2.39. The molecule has 3 atom stereocenters. The molecule has 1 fully saturated rings. The Hall–Kier alpha value is -0.750. The van der Waals surface area contributed by atoms with Crippen LogP contribution in [0.25, 0.3) is 0 Å². The number of amides is 1. The van der Waals surface area contributed by atoms with Crippen LogP contribution in [0.3, 0.4) is 0 Å². The molecule has 0 saturated carbocycles. The van der Waals surface area contributed by atoms with Gasteiger partial charge in [-0.1, -0.05) is 6.42 Å². The predicted molar refractivity (Wildman–Crippen MR) is 86.7 cm³/mol. The number of likely N-dealkylation sites (tertiary alicyclic amines) is 1. The molecule has 1 saturated heterocycles. The third-order valence-corrected chi connectivity index (χ3v) is 4.86. The van der Waals surface area contributed by atoms with Crippen LogP contribution in [-0.2, 0) is 9.59 Å². The van der Waals surface area contributed by atoms with Crippen molar-refractivity contribution < 1.29 is 14.7 Å². The summed E-state index contributed by atoms with van der Waals surface area (Å²) in [5, 5.41) is 11.8. The Bertz CT molecular complexity index is 342. The monoisotopic (exact) mass is 316 g/mol. The molecule has 0 bridgehead atoms. The third-order valence-electron chi connectivity index (χ3n) is 4.22. The quantitative estimate of drug-likeness (QED) is 0.716. The van der Waals surface area contributed by atoms with Crippen molar-refractivity contribution in [2.24, 2.45) is 0 Å². The number of hydrogen-bond donors (Lipinski definition) is 2. The van der Waals surface area contributed by atoms with E-state index in [9.17, 15) is 9.59 Å². The molecule has 0 aromatic carbocycles. The fourth-order valence-corrected chi connectivity index (χ4v) is 3.38. The first-order valence-corrected chi connectivity index (χ1v) is 9.12. The lowest BCUT2D eigenvalue weighted by molar-refractivity contribution is -0.142. The number of carbonyl (C=O) groups is 2. The summed E-state index contributed by atoms with van der Waals surface area (Å²) in [5.41, 5.74) is 0. The van der Waals surface area contributed by atoms with E-state index in [0.717, 1.165) is 5.75 Å². The van der Waals surface area contributed by atoms with E-state index in [-0.39, 0.29) is 5.91 Å². The Morgan fingerprint density at radius 3 is 2.48 bits per heavy atom. The minimum Gasteiger partial charge on any atom is -0.480 e. The standard InChI is InChI=1S/C15H28N2O3S/c1-11-5-4-6-12(2)17(11)9-7-14(18)16-13(15(19)20)8-10-21-3/h11-13H,4-10H2,1-3H3,(H,16,18)(H,19,20). The van der Waals surface area contributed by atoms with Crippen LogP contribution in [0.5, 0.6) is 0 Å². The van der Waals surface area contributed by atoms with E-state index in [1.54, 1.807) is 11.8 Å². The minimum atomic E-state index is -0.947. The molecule has 6 heteroatoms. The van der Waals surface area contributed by atoms with Crippen molar-refractivity contribution in [3.05, 3.63) is 0 Å². The molecule has 0 aromatic heterocycles. The molecule has 1 aliphatic rings. The van der Waals surface area contributed by atoms with E-state index in [2.05, 4.69) is 24.1 Å². The van der Waals surface area contributed by atoms with Crippen molar-refractivity contribution in [2.45, 2.75) is 64.1 Å². The largest absolute Gasteiger partial charge is 0.480 e. The fraction of sp³-hybridized carbons (Fsp3) is 0.867. The number of hydrogen-bond acceptors (Lipinski definition) is 4. The number of carboxylic acids is 1. The summed E-state index contributed by atoms with van der Waals surface area (Å²) in [5.74, 6) is -0.372. The molecule has 1 heterocycles. The van der Waals surface area contributed by atoms with Gasteiger partial charge in [0.05, 0.1) is 0 Å². The lowest BCUT2D eigenvalue weighted by Gasteiger charge is -2.38. The first-order valence-electron chi connectivity index (χ1n) is 7.72. The van der Waals surface area contributed by atoms with Crippen molar-refractivity contribution in [1.29, 1.82) is 0 Å². The number of piperidine rings is 1. The van der Waals surface area contributed by atoms with E-state index in [1.807, 2.05) is 6.26 Å². The van der Waals surface area contributed by atoms with Crippen molar-refractivity contribution in [3.63, 3.8) is 0 Å². The number of aliphatic carboxylic acids is 1.